The molecule has 0 saturated heterocycles. The molecule has 2 nitrogen and oxygen atoms in total. The van der Waals surface area contributed by atoms with Crippen LogP contribution in [0.15, 0.2) is 23.8 Å². The smallest absolute Gasteiger partial charge is 0.0934 e. The lowest BCUT2D eigenvalue weighted by molar-refractivity contribution is 0.945. The highest BCUT2D eigenvalue weighted by Gasteiger charge is 2.06. The van der Waals surface area contributed by atoms with E-state index in [1.54, 1.807) is 6.08 Å². The zero-order chi connectivity index (χ0) is 10.6. The lowest BCUT2D eigenvalue weighted by atomic mass is 10.1. The molecule has 0 aliphatic carbocycles. The van der Waals surface area contributed by atoms with Crippen molar-refractivity contribution in [3.8, 4) is 0 Å². The highest BCUT2D eigenvalue weighted by Crippen LogP contribution is 2.24. The molecule has 0 amide bonds. The molecule has 0 spiro atoms. The molecule has 0 aromatic carbocycles. The summed E-state index contributed by atoms with van der Waals surface area (Å²) in [6.45, 7) is 7.81. The summed E-state index contributed by atoms with van der Waals surface area (Å²) < 4.78 is 0. The zero-order valence-corrected chi connectivity index (χ0v) is 9.36. The first-order valence-corrected chi connectivity index (χ1v) is 5.10. The Bertz CT molecular complexity index is 350. The van der Waals surface area contributed by atoms with Gasteiger partial charge in [-0.2, -0.15) is 5.10 Å². The van der Waals surface area contributed by atoms with Gasteiger partial charge in [0.15, 0.2) is 0 Å². The summed E-state index contributed by atoms with van der Waals surface area (Å²) in [4.78, 5) is 0. The number of aryl methyl sites for hydroxylation is 1. The van der Waals surface area contributed by atoms with Crippen LogP contribution in [0.1, 0.15) is 31.2 Å². The van der Waals surface area contributed by atoms with E-state index in [0.717, 1.165) is 34.8 Å². The highest BCUT2D eigenvalue weighted by atomic mass is 35.5. The van der Waals surface area contributed by atoms with Crippen LogP contribution < -0.4 is 0 Å². The third-order valence-corrected chi connectivity index (χ3v) is 2.34. The molecule has 0 saturated carbocycles. The summed E-state index contributed by atoms with van der Waals surface area (Å²) in [6.07, 6.45) is 3.65. The second-order valence-corrected chi connectivity index (χ2v) is 3.67. The molecule has 3 heteroatoms. The average Bonchev–Trinajstić information content (AvgIpc) is 2.54. The van der Waals surface area contributed by atoms with Gasteiger partial charge in [0, 0.05) is 16.3 Å². The van der Waals surface area contributed by atoms with E-state index in [4.69, 9.17) is 11.6 Å². The van der Waals surface area contributed by atoms with E-state index in [0.29, 0.717) is 0 Å². The summed E-state index contributed by atoms with van der Waals surface area (Å²) in [6, 6.07) is 1.97. The maximum Gasteiger partial charge on any atom is 0.0934 e. The lowest BCUT2D eigenvalue weighted by Crippen LogP contribution is -1.85. The fraction of sp³-hybridized carbons (Fsp3) is 0.364. The van der Waals surface area contributed by atoms with E-state index in [-0.39, 0.29) is 0 Å². The van der Waals surface area contributed by atoms with Crippen LogP contribution in [0.4, 0.5) is 0 Å². The molecule has 0 aliphatic heterocycles. The van der Waals surface area contributed by atoms with Gasteiger partial charge < -0.3 is 0 Å². The van der Waals surface area contributed by atoms with Gasteiger partial charge >= 0.3 is 0 Å². The van der Waals surface area contributed by atoms with Gasteiger partial charge in [0.2, 0.25) is 0 Å². The normalized spacial score (nSPS) is 12.5. The third-order valence-electron chi connectivity index (χ3n) is 1.95. The van der Waals surface area contributed by atoms with Crippen molar-refractivity contribution in [2.75, 3.05) is 0 Å². The van der Waals surface area contributed by atoms with E-state index in [2.05, 4.69) is 23.7 Å². The minimum atomic E-state index is 0.828. The Kier molecular flexibility index (Phi) is 3.96. The van der Waals surface area contributed by atoms with Crippen LogP contribution in [0.5, 0.6) is 0 Å². The molecule has 0 aliphatic rings. The number of allylic oxidation sites excluding steroid dienone is 3. The SMILES string of the molecule is C=C/C(=C(/Cl)CCC)c1cc(C)[nH]n1. The summed E-state index contributed by atoms with van der Waals surface area (Å²) in [5.74, 6) is 0. The van der Waals surface area contributed by atoms with E-state index < -0.39 is 0 Å². The Morgan fingerprint density at radius 3 is 2.86 bits per heavy atom. The number of nitrogens with zero attached hydrogens (tertiary/aromatic N) is 1. The number of hydrogen-bond donors (Lipinski definition) is 1. The molecule has 1 rings (SSSR count). The molecule has 0 bridgehead atoms. The van der Waals surface area contributed by atoms with E-state index >= 15 is 0 Å². The number of rotatable bonds is 4. The summed E-state index contributed by atoms with van der Waals surface area (Å²) in [5.41, 5.74) is 2.83. The van der Waals surface area contributed by atoms with Crippen molar-refractivity contribution in [3.05, 3.63) is 35.1 Å². The molecule has 0 radical (unpaired) electrons. The molecule has 0 fully saturated rings. The lowest BCUT2D eigenvalue weighted by Gasteiger charge is -2.01. The van der Waals surface area contributed by atoms with Gasteiger partial charge in [-0.1, -0.05) is 37.6 Å². The fourth-order valence-corrected chi connectivity index (χ4v) is 1.63. The second-order valence-electron chi connectivity index (χ2n) is 3.21. The van der Waals surface area contributed by atoms with Crippen LogP contribution >= 0.6 is 11.6 Å². The summed E-state index contributed by atoms with van der Waals surface area (Å²) in [7, 11) is 0. The van der Waals surface area contributed by atoms with Gasteiger partial charge in [0.25, 0.3) is 0 Å². The minimum Gasteiger partial charge on any atom is -0.282 e. The van der Waals surface area contributed by atoms with Crippen molar-refractivity contribution in [1.82, 2.24) is 10.2 Å². The van der Waals surface area contributed by atoms with Gasteiger partial charge in [0.05, 0.1) is 5.69 Å². The van der Waals surface area contributed by atoms with E-state index in [1.165, 1.54) is 0 Å². The number of aromatic amines is 1. The summed E-state index contributed by atoms with van der Waals surface area (Å²) in [5, 5.41) is 7.87. The maximum atomic E-state index is 6.15. The minimum absolute atomic E-state index is 0.828. The molecule has 1 N–H and O–H groups in total. The molecule has 1 heterocycles. The number of hydrogen-bond acceptors (Lipinski definition) is 1. The summed E-state index contributed by atoms with van der Waals surface area (Å²) >= 11 is 6.15. The quantitative estimate of drug-likeness (QED) is 0.755. The average molecular weight is 211 g/mol. The van der Waals surface area contributed by atoms with Crippen molar-refractivity contribution in [1.29, 1.82) is 0 Å². The predicted molar refractivity (Wildman–Crippen MR) is 61.2 cm³/mol. The molecule has 0 unspecified atom stereocenters. The van der Waals surface area contributed by atoms with Gasteiger partial charge in [-0.25, -0.2) is 0 Å². The van der Waals surface area contributed by atoms with E-state index in [1.807, 2.05) is 13.0 Å². The molecule has 14 heavy (non-hydrogen) atoms. The molecule has 1 aromatic rings. The molecular weight excluding hydrogens is 196 g/mol. The van der Waals surface area contributed by atoms with Crippen molar-refractivity contribution in [2.24, 2.45) is 0 Å². The van der Waals surface area contributed by atoms with Crippen LogP contribution in [0.2, 0.25) is 0 Å². The molecular formula is C11H15ClN2. The number of halogens is 1. The zero-order valence-electron chi connectivity index (χ0n) is 8.60. The predicted octanol–water partition coefficient (Wildman–Crippen LogP) is 3.65. The largest absolute Gasteiger partial charge is 0.282 e. The first-order valence-electron chi connectivity index (χ1n) is 4.72. The van der Waals surface area contributed by atoms with Crippen molar-refractivity contribution < 1.29 is 0 Å². The van der Waals surface area contributed by atoms with Crippen molar-refractivity contribution in [2.45, 2.75) is 26.7 Å². The van der Waals surface area contributed by atoms with Gasteiger partial charge in [0.1, 0.15) is 0 Å². The third kappa shape index (κ3) is 2.48. The maximum absolute atomic E-state index is 6.15. The topological polar surface area (TPSA) is 28.7 Å². The van der Waals surface area contributed by atoms with Gasteiger partial charge in [-0.15, -0.1) is 0 Å². The highest BCUT2D eigenvalue weighted by molar-refractivity contribution is 6.33. The molecule has 76 valence electrons. The van der Waals surface area contributed by atoms with Crippen molar-refractivity contribution in [3.63, 3.8) is 0 Å². The fourth-order valence-electron chi connectivity index (χ4n) is 1.26. The van der Waals surface area contributed by atoms with Crippen LogP contribution in [-0.2, 0) is 0 Å². The van der Waals surface area contributed by atoms with Crippen LogP contribution in [0.25, 0.3) is 5.57 Å². The first kappa shape index (κ1) is 11.1. The Morgan fingerprint density at radius 1 is 1.71 bits per heavy atom. The molecule has 0 atom stereocenters. The number of H-pyrrole nitrogens is 1. The Labute approximate surface area is 89.7 Å². The van der Waals surface area contributed by atoms with Gasteiger partial charge in [-0.05, 0) is 19.4 Å². The second kappa shape index (κ2) is 5.01. The Balaban J connectivity index is 3.02. The standard InChI is InChI=1S/C11H15ClN2/c1-4-6-10(12)9(5-2)11-7-8(3)13-14-11/h5,7H,2,4,6H2,1,3H3,(H,13,14)/b10-9-. The van der Waals surface area contributed by atoms with Gasteiger partial charge in [-0.3, -0.25) is 5.10 Å². The monoisotopic (exact) mass is 210 g/mol. The number of nitrogens with one attached hydrogen (secondary N) is 1. The number of aromatic nitrogens is 2. The molecule has 1 aromatic heterocycles. The van der Waals surface area contributed by atoms with Crippen molar-refractivity contribution >= 4 is 17.2 Å². The van der Waals surface area contributed by atoms with Crippen LogP contribution in [-0.4, -0.2) is 10.2 Å². The Morgan fingerprint density at radius 2 is 2.43 bits per heavy atom. The first-order chi connectivity index (χ1) is 6.69. The van der Waals surface area contributed by atoms with Crippen LogP contribution in [0, 0.1) is 6.92 Å². The van der Waals surface area contributed by atoms with E-state index in [9.17, 15) is 0 Å². The Hall–Kier alpha value is -1.02. The van der Waals surface area contributed by atoms with Crippen LogP contribution in [0.3, 0.4) is 0 Å².